The minimum Gasteiger partial charge on any atom is -0.486 e. The molecule has 0 aliphatic carbocycles. The standard InChI is InChI=1S/C16H11F7OS/c1-8-2-10(17)13(5-14(8)25-7-16(21,22)23)24-6-9-3-11(18)15(20)12(19)4-9/h2-5H,6-7H2,1H3. The number of alkyl halides is 3. The highest BCUT2D eigenvalue weighted by Gasteiger charge is 2.27. The smallest absolute Gasteiger partial charge is 0.398 e. The molecule has 0 amide bonds. The summed E-state index contributed by atoms with van der Waals surface area (Å²) in [7, 11) is 0. The van der Waals surface area contributed by atoms with Crippen LogP contribution < -0.4 is 4.74 Å². The lowest BCUT2D eigenvalue weighted by molar-refractivity contribution is -0.105. The van der Waals surface area contributed by atoms with Crippen LogP contribution in [0.15, 0.2) is 29.2 Å². The molecule has 9 heteroatoms. The quantitative estimate of drug-likeness (QED) is 0.367. The van der Waals surface area contributed by atoms with Crippen molar-refractivity contribution in [3.63, 3.8) is 0 Å². The van der Waals surface area contributed by atoms with Crippen LogP contribution in [0.1, 0.15) is 11.1 Å². The molecule has 2 aromatic carbocycles. The van der Waals surface area contributed by atoms with Crippen molar-refractivity contribution in [2.45, 2.75) is 24.6 Å². The van der Waals surface area contributed by atoms with Gasteiger partial charge in [-0.1, -0.05) is 0 Å². The Morgan fingerprint density at radius 3 is 2.08 bits per heavy atom. The molecule has 0 bridgehead atoms. The van der Waals surface area contributed by atoms with Crippen molar-refractivity contribution in [2.75, 3.05) is 5.75 Å². The van der Waals surface area contributed by atoms with Crippen LogP contribution in [0.2, 0.25) is 0 Å². The number of thioether (sulfide) groups is 1. The molecule has 0 saturated carbocycles. The molecule has 0 aliphatic heterocycles. The molecule has 136 valence electrons. The zero-order valence-corrected chi connectivity index (χ0v) is 13.5. The van der Waals surface area contributed by atoms with Gasteiger partial charge in [0.25, 0.3) is 0 Å². The lowest BCUT2D eigenvalue weighted by atomic mass is 10.2. The molecule has 0 unspecified atom stereocenters. The second kappa shape index (κ2) is 7.55. The molecule has 0 radical (unpaired) electrons. The lowest BCUT2D eigenvalue weighted by Gasteiger charge is -2.13. The van der Waals surface area contributed by atoms with Crippen LogP contribution in [-0.4, -0.2) is 11.9 Å². The van der Waals surface area contributed by atoms with E-state index in [4.69, 9.17) is 4.74 Å². The fraction of sp³-hybridized carbons (Fsp3) is 0.250. The summed E-state index contributed by atoms with van der Waals surface area (Å²) in [6.45, 7) is 0.952. The fourth-order valence-electron chi connectivity index (χ4n) is 1.91. The number of halogens is 7. The molecule has 25 heavy (non-hydrogen) atoms. The van der Waals surface area contributed by atoms with Gasteiger partial charge in [-0.2, -0.15) is 13.2 Å². The average molecular weight is 384 g/mol. The van der Waals surface area contributed by atoms with Crippen molar-refractivity contribution in [1.29, 1.82) is 0 Å². The van der Waals surface area contributed by atoms with Gasteiger partial charge in [-0.25, -0.2) is 17.6 Å². The van der Waals surface area contributed by atoms with Gasteiger partial charge in [0.05, 0.1) is 5.75 Å². The highest BCUT2D eigenvalue weighted by Crippen LogP contribution is 2.33. The maximum Gasteiger partial charge on any atom is 0.398 e. The summed E-state index contributed by atoms with van der Waals surface area (Å²) in [5, 5.41) is 0. The fourth-order valence-corrected chi connectivity index (χ4v) is 2.71. The summed E-state index contributed by atoms with van der Waals surface area (Å²) >= 11 is 0.464. The van der Waals surface area contributed by atoms with Crippen LogP contribution in [-0.2, 0) is 6.61 Å². The van der Waals surface area contributed by atoms with Gasteiger partial charge in [-0.05, 0) is 42.3 Å². The first-order valence-electron chi connectivity index (χ1n) is 6.82. The van der Waals surface area contributed by atoms with Crippen molar-refractivity contribution in [1.82, 2.24) is 0 Å². The maximum atomic E-state index is 13.9. The molecule has 0 N–H and O–H groups in total. The van der Waals surface area contributed by atoms with E-state index < -0.39 is 41.8 Å². The molecule has 2 rings (SSSR count). The van der Waals surface area contributed by atoms with Gasteiger partial charge < -0.3 is 4.74 Å². The van der Waals surface area contributed by atoms with Gasteiger partial charge in [-0.3, -0.25) is 0 Å². The number of hydrogen-bond acceptors (Lipinski definition) is 2. The second-order valence-electron chi connectivity index (χ2n) is 5.11. The first-order valence-corrected chi connectivity index (χ1v) is 7.81. The van der Waals surface area contributed by atoms with Crippen molar-refractivity contribution in [2.24, 2.45) is 0 Å². The van der Waals surface area contributed by atoms with E-state index in [2.05, 4.69) is 0 Å². The average Bonchev–Trinajstić information content (AvgIpc) is 2.49. The molecule has 0 aromatic heterocycles. The van der Waals surface area contributed by atoms with E-state index >= 15 is 0 Å². The Hall–Kier alpha value is -1.90. The van der Waals surface area contributed by atoms with E-state index in [1.807, 2.05) is 0 Å². The third-order valence-corrected chi connectivity index (χ3v) is 4.28. The van der Waals surface area contributed by atoms with Crippen LogP contribution in [0.4, 0.5) is 30.7 Å². The minimum atomic E-state index is -4.39. The Bertz CT molecular complexity index is 751. The number of aryl methyl sites for hydroxylation is 1. The molecule has 0 fully saturated rings. The maximum absolute atomic E-state index is 13.9. The van der Waals surface area contributed by atoms with Crippen molar-refractivity contribution < 1.29 is 35.5 Å². The second-order valence-corrected chi connectivity index (χ2v) is 6.13. The topological polar surface area (TPSA) is 9.23 Å². The van der Waals surface area contributed by atoms with Crippen LogP contribution in [0.3, 0.4) is 0 Å². The molecular weight excluding hydrogens is 373 g/mol. The van der Waals surface area contributed by atoms with E-state index in [-0.39, 0.29) is 21.8 Å². The highest BCUT2D eigenvalue weighted by atomic mass is 32.2. The molecular formula is C16H11F7OS. The number of benzene rings is 2. The zero-order valence-electron chi connectivity index (χ0n) is 12.7. The number of hydrogen-bond donors (Lipinski definition) is 0. The number of ether oxygens (including phenoxy) is 1. The number of rotatable bonds is 5. The predicted octanol–water partition coefficient (Wildman–Crippen LogP) is 5.78. The summed E-state index contributed by atoms with van der Waals surface area (Å²) in [4.78, 5) is 0.158. The van der Waals surface area contributed by atoms with E-state index in [9.17, 15) is 30.7 Å². The summed E-state index contributed by atoms with van der Waals surface area (Å²) in [5.74, 6) is -6.87. The van der Waals surface area contributed by atoms with E-state index in [0.717, 1.165) is 12.1 Å². The first-order chi connectivity index (χ1) is 11.6. The Morgan fingerprint density at radius 2 is 1.52 bits per heavy atom. The lowest BCUT2D eigenvalue weighted by Crippen LogP contribution is -2.10. The minimum absolute atomic E-state index is 0.0964. The summed E-state index contributed by atoms with van der Waals surface area (Å²) in [5.41, 5.74) is 0.193. The third-order valence-electron chi connectivity index (χ3n) is 3.06. The molecule has 0 heterocycles. The molecule has 0 saturated heterocycles. The Balaban J connectivity index is 2.16. The highest BCUT2D eigenvalue weighted by molar-refractivity contribution is 7.99. The first kappa shape index (κ1) is 19.4. The van der Waals surface area contributed by atoms with Gasteiger partial charge in [0.2, 0.25) is 0 Å². The van der Waals surface area contributed by atoms with E-state index in [0.29, 0.717) is 23.9 Å². The molecule has 0 aliphatic rings. The van der Waals surface area contributed by atoms with Crippen LogP contribution in [0, 0.1) is 30.2 Å². The SMILES string of the molecule is Cc1cc(F)c(OCc2cc(F)c(F)c(F)c2)cc1SCC(F)(F)F. The Labute approximate surface area is 142 Å². The van der Waals surface area contributed by atoms with Crippen molar-refractivity contribution >= 4 is 11.8 Å². The van der Waals surface area contributed by atoms with Crippen molar-refractivity contribution in [3.8, 4) is 5.75 Å². The molecule has 0 spiro atoms. The van der Waals surface area contributed by atoms with Crippen LogP contribution >= 0.6 is 11.8 Å². The van der Waals surface area contributed by atoms with Gasteiger partial charge in [0, 0.05) is 4.90 Å². The summed E-state index contributed by atoms with van der Waals surface area (Å²) in [6, 6.07) is 3.45. The van der Waals surface area contributed by atoms with Gasteiger partial charge >= 0.3 is 6.18 Å². The zero-order chi connectivity index (χ0) is 18.8. The summed E-state index contributed by atoms with van der Waals surface area (Å²) in [6.07, 6.45) is -4.39. The van der Waals surface area contributed by atoms with Crippen LogP contribution in [0.5, 0.6) is 5.75 Å². The third kappa shape index (κ3) is 5.29. The molecule has 0 atom stereocenters. The van der Waals surface area contributed by atoms with E-state index in [1.54, 1.807) is 0 Å². The normalized spacial score (nSPS) is 11.7. The van der Waals surface area contributed by atoms with Gasteiger partial charge in [-0.15, -0.1) is 11.8 Å². The largest absolute Gasteiger partial charge is 0.486 e. The summed E-state index contributed by atoms with van der Waals surface area (Å²) < 4.78 is 95.0. The predicted molar refractivity (Wildman–Crippen MR) is 78.6 cm³/mol. The van der Waals surface area contributed by atoms with Gasteiger partial charge in [0.1, 0.15) is 6.61 Å². The Morgan fingerprint density at radius 1 is 0.920 bits per heavy atom. The van der Waals surface area contributed by atoms with Gasteiger partial charge in [0.15, 0.2) is 29.0 Å². The van der Waals surface area contributed by atoms with Crippen LogP contribution in [0.25, 0.3) is 0 Å². The molecule has 1 nitrogen and oxygen atoms in total. The monoisotopic (exact) mass is 384 g/mol. The Kier molecular flexibility index (Phi) is 5.87. The van der Waals surface area contributed by atoms with E-state index in [1.165, 1.54) is 6.92 Å². The van der Waals surface area contributed by atoms with Crippen molar-refractivity contribution in [3.05, 3.63) is 58.7 Å². The molecule has 2 aromatic rings.